The second kappa shape index (κ2) is 6.44. The molecule has 6 nitrogen and oxygen atoms in total. The fourth-order valence-corrected chi connectivity index (χ4v) is 1.73. The van der Waals surface area contributed by atoms with Gasteiger partial charge >= 0.3 is 5.97 Å². The summed E-state index contributed by atoms with van der Waals surface area (Å²) < 4.78 is 0. The Kier molecular flexibility index (Phi) is 5.21. The first-order valence-electron chi connectivity index (χ1n) is 5.52. The number of aliphatic hydroxyl groups excluding tert-OH is 1. The smallest absolute Gasteiger partial charge is 0.326 e. The van der Waals surface area contributed by atoms with Crippen LogP contribution in [-0.2, 0) is 9.59 Å². The third-order valence-electron chi connectivity index (χ3n) is 2.66. The summed E-state index contributed by atoms with van der Waals surface area (Å²) in [6.45, 7) is 0.533. The lowest BCUT2D eigenvalue weighted by molar-refractivity contribution is -0.142. The van der Waals surface area contributed by atoms with Crippen molar-refractivity contribution in [1.82, 2.24) is 10.6 Å². The molecule has 4 N–H and O–H groups in total. The van der Waals surface area contributed by atoms with Crippen LogP contribution >= 0.6 is 0 Å². The molecule has 0 aromatic heterocycles. The highest BCUT2D eigenvalue weighted by atomic mass is 16.4. The van der Waals surface area contributed by atoms with E-state index in [0.717, 1.165) is 25.8 Å². The van der Waals surface area contributed by atoms with E-state index >= 15 is 0 Å². The predicted octanol–water partition coefficient (Wildman–Crippen LogP) is -0.920. The molecule has 1 fully saturated rings. The van der Waals surface area contributed by atoms with E-state index in [4.69, 9.17) is 10.2 Å². The summed E-state index contributed by atoms with van der Waals surface area (Å²) >= 11 is 0. The summed E-state index contributed by atoms with van der Waals surface area (Å²) in [5, 5.41) is 22.9. The van der Waals surface area contributed by atoms with Crippen LogP contribution in [0.2, 0.25) is 0 Å². The Hall–Kier alpha value is -1.14. The fraction of sp³-hybridized carbons (Fsp3) is 0.800. The van der Waals surface area contributed by atoms with E-state index in [1.165, 1.54) is 0 Å². The Morgan fingerprint density at radius 1 is 1.44 bits per heavy atom. The molecule has 0 bridgehead atoms. The summed E-state index contributed by atoms with van der Waals surface area (Å²) in [6.07, 6.45) is 2.79. The van der Waals surface area contributed by atoms with Gasteiger partial charge in [0, 0.05) is 13.0 Å². The minimum absolute atomic E-state index is 0.0355. The summed E-state index contributed by atoms with van der Waals surface area (Å²) in [5.74, 6) is -1.40. The first kappa shape index (κ1) is 12.9. The largest absolute Gasteiger partial charge is 0.480 e. The van der Waals surface area contributed by atoms with Crippen LogP contribution in [0.1, 0.15) is 25.7 Å². The van der Waals surface area contributed by atoms with Gasteiger partial charge in [-0.25, -0.2) is 4.79 Å². The monoisotopic (exact) mass is 230 g/mol. The molecule has 0 aliphatic carbocycles. The third kappa shape index (κ3) is 3.79. The Balaban J connectivity index is 2.43. The van der Waals surface area contributed by atoms with Crippen LogP contribution in [0.25, 0.3) is 0 Å². The molecule has 1 heterocycles. The van der Waals surface area contributed by atoms with Crippen LogP contribution in [0.5, 0.6) is 0 Å². The summed E-state index contributed by atoms with van der Waals surface area (Å²) in [6, 6.07) is -1.30. The van der Waals surface area contributed by atoms with Crippen molar-refractivity contribution in [2.45, 2.75) is 37.8 Å². The number of carboxylic acids is 1. The van der Waals surface area contributed by atoms with Gasteiger partial charge in [-0.3, -0.25) is 4.79 Å². The Morgan fingerprint density at radius 2 is 2.19 bits per heavy atom. The molecule has 2 atom stereocenters. The summed E-state index contributed by atoms with van der Waals surface area (Å²) in [7, 11) is 0. The molecule has 2 unspecified atom stereocenters. The van der Waals surface area contributed by atoms with Gasteiger partial charge in [-0.2, -0.15) is 0 Å². The minimum atomic E-state index is -1.11. The molecule has 1 amide bonds. The SMILES string of the molecule is O=C(O)C(CCO)NC(=O)C1CCCCN1. The zero-order valence-corrected chi connectivity index (χ0v) is 9.11. The van der Waals surface area contributed by atoms with Crippen LogP contribution in [0.4, 0.5) is 0 Å². The lowest BCUT2D eigenvalue weighted by Gasteiger charge is -2.24. The molecule has 0 aromatic rings. The molecule has 0 spiro atoms. The molecular weight excluding hydrogens is 212 g/mol. The molecule has 1 aliphatic heterocycles. The minimum Gasteiger partial charge on any atom is -0.480 e. The van der Waals surface area contributed by atoms with Crippen molar-refractivity contribution in [2.24, 2.45) is 0 Å². The standard InChI is InChI=1S/C10H18N2O4/c13-6-4-8(10(15)16)12-9(14)7-3-1-2-5-11-7/h7-8,11,13H,1-6H2,(H,12,14)(H,15,16). The number of hydrogen-bond acceptors (Lipinski definition) is 4. The molecule has 0 aromatic carbocycles. The number of carbonyl (C=O) groups is 2. The molecule has 1 aliphatic rings. The maximum atomic E-state index is 11.7. The first-order chi connectivity index (χ1) is 7.65. The van der Waals surface area contributed by atoms with E-state index < -0.39 is 12.0 Å². The van der Waals surface area contributed by atoms with Crippen LogP contribution in [0.3, 0.4) is 0 Å². The van der Waals surface area contributed by atoms with Gasteiger partial charge in [-0.15, -0.1) is 0 Å². The van der Waals surface area contributed by atoms with E-state index in [0.29, 0.717) is 0 Å². The van der Waals surface area contributed by atoms with Crippen LogP contribution < -0.4 is 10.6 Å². The Morgan fingerprint density at radius 3 is 2.69 bits per heavy atom. The lowest BCUT2D eigenvalue weighted by atomic mass is 10.0. The zero-order chi connectivity index (χ0) is 12.0. The molecule has 16 heavy (non-hydrogen) atoms. The van der Waals surface area contributed by atoms with Crippen molar-refractivity contribution in [2.75, 3.05) is 13.2 Å². The molecular formula is C10H18N2O4. The third-order valence-corrected chi connectivity index (χ3v) is 2.66. The number of aliphatic hydroxyl groups is 1. The highest BCUT2D eigenvalue weighted by Gasteiger charge is 2.25. The van der Waals surface area contributed by atoms with Gasteiger partial charge in [-0.1, -0.05) is 6.42 Å². The average molecular weight is 230 g/mol. The number of piperidine rings is 1. The summed E-state index contributed by atoms with van der Waals surface area (Å²) in [5.41, 5.74) is 0. The maximum absolute atomic E-state index is 11.7. The number of nitrogens with one attached hydrogen (secondary N) is 2. The molecule has 92 valence electrons. The number of rotatable bonds is 5. The van der Waals surface area contributed by atoms with E-state index in [2.05, 4.69) is 10.6 Å². The summed E-state index contributed by atoms with van der Waals surface area (Å²) in [4.78, 5) is 22.4. The van der Waals surface area contributed by atoms with Crippen molar-refractivity contribution in [3.05, 3.63) is 0 Å². The van der Waals surface area contributed by atoms with Gasteiger partial charge in [0.15, 0.2) is 0 Å². The van der Waals surface area contributed by atoms with Crippen molar-refractivity contribution < 1.29 is 19.8 Å². The number of amides is 1. The second-order valence-corrected chi connectivity index (χ2v) is 3.91. The quantitative estimate of drug-likeness (QED) is 0.489. The first-order valence-corrected chi connectivity index (χ1v) is 5.52. The van der Waals surface area contributed by atoms with Gasteiger partial charge in [0.1, 0.15) is 6.04 Å². The number of hydrogen-bond donors (Lipinski definition) is 4. The van der Waals surface area contributed by atoms with Gasteiger partial charge in [-0.05, 0) is 19.4 Å². The van der Waals surface area contributed by atoms with Crippen molar-refractivity contribution in [1.29, 1.82) is 0 Å². The van der Waals surface area contributed by atoms with Crippen molar-refractivity contribution in [3.63, 3.8) is 0 Å². The van der Waals surface area contributed by atoms with Crippen LogP contribution in [-0.4, -0.2) is 47.3 Å². The second-order valence-electron chi connectivity index (χ2n) is 3.91. The molecule has 1 rings (SSSR count). The Labute approximate surface area is 94.0 Å². The predicted molar refractivity (Wildman–Crippen MR) is 56.9 cm³/mol. The molecule has 0 saturated carbocycles. The lowest BCUT2D eigenvalue weighted by Crippen LogP contribution is -2.51. The molecule has 1 saturated heterocycles. The van der Waals surface area contributed by atoms with Crippen molar-refractivity contribution >= 4 is 11.9 Å². The van der Waals surface area contributed by atoms with E-state index in [-0.39, 0.29) is 25.0 Å². The fourth-order valence-electron chi connectivity index (χ4n) is 1.73. The van der Waals surface area contributed by atoms with Gasteiger partial charge in [0.05, 0.1) is 6.04 Å². The van der Waals surface area contributed by atoms with E-state index in [1.54, 1.807) is 0 Å². The highest BCUT2D eigenvalue weighted by molar-refractivity contribution is 5.86. The molecule has 6 heteroatoms. The normalized spacial score (nSPS) is 22.4. The van der Waals surface area contributed by atoms with Gasteiger partial charge < -0.3 is 20.8 Å². The highest BCUT2D eigenvalue weighted by Crippen LogP contribution is 2.07. The van der Waals surface area contributed by atoms with Crippen LogP contribution in [0.15, 0.2) is 0 Å². The number of carboxylic acid groups (broad SMARTS) is 1. The molecule has 0 radical (unpaired) electrons. The van der Waals surface area contributed by atoms with E-state index in [9.17, 15) is 9.59 Å². The number of carbonyl (C=O) groups excluding carboxylic acids is 1. The van der Waals surface area contributed by atoms with Crippen LogP contribution in [0, 0.1) is 0 Å². The zero-order valence-electron chi connectivity index (χ0n) is 9.11. The maximum Gasteiger partial charge on any atom is 0.326 e. The average Bonchev–Trinajstić information content (AvgIpc) is 2.29. The van der Waals surface area contributed by atoms with Gasteiger partial charge in [0.2, 0.25) is 5.91 Å². The van der Waals surface area contributed by atoms with Crippen molar-refractivity contribution in [3.8, 4) is 0 Å². The van der Waals surface area contributed by atoms with E-state index in [1.807, 2.05) is 0 Å². The Bertz CT molecular complexity index is 251. The topological polar surface area (TPSA) is 98.7 Å². The number of aliphatic carboxylic acids is 1. The van der Waals surface area contributed by atoms with Gasteiger partial charge in [0.25, 0.3) is 0 Å².